The third-order valence-electron chi connectivity index (χ3n) is 3.51. The van der Waals surface area contributed by atoms with E-state index in [2.05, 4.69) is 69.3 Å². The second-order valence-electron chi connectivity index (χ2n) is 5.88. The molecule has 0 fully saturated rings. The summed E-state index contributed by atoms with van der Waals surface area (Å²) in [5.41, 5.74) is 8.22. The summed E-state index contributed by atoms with van der Waals surface area (Å²) >= 11 is 0. The van der Waals surface area contributed by atoms with E-state index in [1.54, 1.807) is 0 Å². The first-order valence-corrected chi connectivity index (χ1v) is 10.4. The number of nitrogens with two attached hydrogens (primary N) is 1. The van der Waals surface area contributed by atoms with Gasteiger partial charge in [0.15, 0.2) is 11.5 Å². The van der Waals surface area contributed by atoms with Gasteiger partial charge in [-0.25, -0.2) is 19.5 Å². The molecule has 4 rings (SSSR count). The molecule has 4 aromatic rings. The van der Waals surface area contributed by atoms with Crippen LogP contribution in [-0.2, 0) is 15.8 Å². The molecular weight excluding hydrogens is 425 g/mol. The van der Waals surface area contributed by atoms with E-state index >= 15 is 0 Å². The average Bonchev–Trinajstić information content (AvgIpc) is 3.17. The monoisotopic (exact) mass is 449 g/mol. The highest BCUT2D eigenvalue weighted by atomic mass is 31.2. The van der Waals surface area contributed by atoms with Crippen molar-refractivity contribution >= 4 is 41.5 Å². The smallest absolute Gasteiger partial charge is 0.466 e. The third kappa shape index (κ3) is 10.3. The van der Waals surface area contributed by atoms with Gasteiger partial charge >= 0.3 is 7.82 Å². The van der Waals surface area contributed by atoms with Crippen molar-refractivity contribution in [1.82, 2.24) is 19.9 Å². The molecule has 0 atom stereocenters. The molecule has 0 aliphatic rings. The van der Waals surface area contributed by atoms with Crippen LogP contribution in [0.2, 0.25) is 0 Å². The molecule has 0 aliphatic heterocycles. The van der Waals surface area contributed by atoms with Crippen LogP contribution < -0.4 is 5.73 Å². The lowest BCUT2D eigenvalue weighted by Crippen LogP contribution is -1.91. The van der Waals surface area contributed by atoms with Crippen molar-refractivity contribution in [2.24, 2.45) is 0 Å². The Morgan fingerprint density at radius 1 is 1.06 bits per heavy atom. The second-order valence-corrected chi connectivity index (χ2v) is 6.91. The van der Waals surface area contributed by atoms with Gasteiger partial charge in [-0.05, 0) is 22.8 Å². The SMILES string of the molecule is CC(=O)O.CCc1cccc2ccccc12.Nc1ncnc2nc[nH]c12.O=P(O)(O)O. The van der Waals surface area contributed by atoms with Crippen LogP contribution in [0, 0.1) is 0 Å². The highest BCUT2D eigenvalue weighted by Crippen LogP contribution is 2.25. The van der Waals surface area contributed by atoms with E-state index in [4.69, 9.17) is 34.9 Å². The number of nitrogens with one attached hydrogen (secondary N) is 1. The van der Waals surface area contributed by atoms with E-state index in [-0.39, 0.29) is 0 Å². The fourth-order valence-electron chi connectivity index (χ4n) is 2.38. The number of hydrogen-bond acceptors (Lipinski definition) is 6. The van der Waals surface area contributed by atoms with Crippen molar-refractivity contribution in [2.45, 2.75) is 20.3 Å². The molecule has 12 heteroatoms. The molecule has 0 bridgehead atoms. The minimum absolute atomic E-state index is 0.433. The van der Waals surface area contributed by atoms with Crippen LogP contribution in [-0.4, -0.2) is 45.7 Å². The average molecular weight is 449 g/mol. The topological polar surface area (TPSA) is 196 Å². The largest absolute Gasteiger partial charge is 0.481 e. The van der Waals surface area contributed by atoms with Crippen LogP contribution in [0.3, 0.4) is 0 Å². The molecule has 0 spiro atoms. The highest BCUT2D eigenvalue weighted by molar-refractivity contribution is 7.45. The summed E-state index contributed by atoms with van der Waals surface area (Å²) in [6.07, 6.45) is 4.04. The predicted molar refractivity (Wildman–Crippen MR) is 117 cm³/mol. The summed E-state index contributed by atoms with van der Waals surface area (Å²) in [5.74, 6) is -0.400. The molecule has 0 saturated carbocycles. The van der Waals surface area contributed by atoms with Gasteiger partial charge in [-0.15, -0.1) is 0 Å². The number of hydrogen-bond donors (Lipinski definition) is 6. The zero-order valence-electron chi connectivity index (χ0n) is 16.9. The standard InChI is InChI=1S/C12H12.C5H5N5.C2H4O2.H3O4P/c1-2-10-7-5-8-11-6-3-4-9-12(10)11;6-4-3-5(9-1-7-3)10-2-8-4;1-2(3)4;1-5(2,3)4/h3-9H,2H2,1H3;1-2H,(H3,6,7,8,9,10);1H3,(H,3,4);(H3,1,2,3,4). The Hall–Kier alpha value is -3.37. The molecule has 7 N–H and O–H groups in total. The second kappa shape index (κ2) is 12.4. The molecule has 11 nitrogen and oxygen atoms in total. The molecule has 0 saturated heterocycles. The summed E-state index contributed by atoms with van der Waals surface area (Å²) < 4.78 is 8.88. The third-order valence-corrected chi connectivity index (χ3v) is 3.51. The number of aryl methyl sites for hydroxylation is 1. The Morgan fingerprint density at radius 2 is 1.65 bits per heavy atom. The number of phosphoric acid groups is 1. The van der Waals surface area contributed by atoms with E-state index in [1.165, 1.54) is 29.0 Å². The van der Waals surface area contributed by atoms with E-state index in [9.17, 15) is 0 Å². The summed E-state index contributed by atoms with van der Waals surface area (Å²) in [6, 6.07) is 15.0. The molecule has 2 heterocycles. The lowest BCUT2D eigenvalue weighted by Gasteiger charge is -2.02. The Bertz CT molecular complexity index is 1140. The van der Waals surface area contributed by atoms with Crippen molar-refractivity contribution in [3.8, 4) is 0 Å². The van der Waals surface area contributed by atoms with Crippen molar-refractivity contribution in [3.05, 3.63) is 60.7 Å². The highest BCUT2D eigenvalue weighted by Gasteiger charge is 2.00. The molecule has 0 aliphatic carbocycles. The van der Waals surface area contributed by atoms with Gasteiger partial charge in [0.2, 0.25) is 0 Å². The molecule has 166 valence electrons. The minimum atomic E-state index is -4.64. The minimum Gasteiger partial charge on any atom is -0.481 e. The number of H-pyrrole nitrogens is 1. The number of carboxylic acid groups (broad SMARTS) is 1. The maximum absolute atomic E-state index is 9.00. The number of benzene rings is 2. The van der Waals surface area contributed by atoms with Crippen LogP contribution in [0.4, 0.5) is 5.82 Å². The van der Waals surface area contributed by atoms with Gasteiger partial charge in [-0.1, -0.05) is 49.4 Å². The fraction of sp³-hybridized carbons (Fsp3) is 0.158. The summed E-state index contributed by atoms with van der Waals surface area (Å²) in [4.78, 5) is 44.9. The lowest BCUT2D eigenvalue weighted by molar-refractivity contribution is -0.134. The van der Waals surface area contributed by atoms with Gasteiger partial charge in [0.25, 0.3) is 5.97 Å². The first-order chi connectivity index (χ1) is 14.5. The van der Waals surface area contributed by atoms with Gasteiger partial charge in [-0.3, -0.25) is 4.79 Å². The van der Waals surface area contributed by atoms with E-state index in [1.807, 2.05) is 0 Å². The number of nitrogens with zero attached hydrogens (tertiary/aromatic N) is 3. The predicted octanol–water partition coefficient (Wildman–Crippen LogP) is 2.50. The zero-order valence-corrected chi connectivity index (χ0v) is 17.8. The maximum atomic E-state index is 9.00. The molecule has 2 aromatic heterocycles. The number of rotatable bonds is 1. The molecule has 0 amide bonds. The van der Waals surface area contributed by atoms with Gasteiger partial charge in [-0.2, -0.15) is 0 Å². The van der Waals surface area contributed by atoms with Crippen LogP contribution in [0.15, 0.2) is 55.1 Å². The number of aliphatic carboxylic acids is 1. The summed E-state index contributed by atoms with van der Waals surface area (Å²) in [5, 5.41) is 10.2. The molecular formula is C19H24N5O6P. The van der Waals surface area contributed by atoms with Crippen LogP contribution >= 0.6 is 7.82 Å². The number of imidazole rings is 1. The lowest BCUT2D eigenvalue weighted by atomic mass is 10.0. The molecule has 0 unspecified atom stereocenters. The number of nitrogen functional groups attached to an aromatic ring is 1. The first-order valence-electron chi connectivity index (χ1n) is 8.87. The molecule has 0 radical (unpaired) electrons. The Balaban J connectivity index is 0.000000228. The molecule has 31 heavy (non-hydrogen) atoms. The van der Waals surface area contributed by atoms with Gasteiger partial charge in [0.05, 0.1) is 6.33 Å². The number of carboxylic acids is 1. The van der Waals surface area contributed by atoms with Crippen LogP contribution in [0.5, 0.6) is 0 Å². The van der Waals surface area contributed by atoms with Crippen molar-refractivity contribution < 1.29 is 29.1 Å². The maximum Gasteiger partial charge on any atom is 0.466 e. The Labute approximate surface area is 177 Å². The van der Waals surface area contributed by atoms with Gasteiger partial charge < -0.3 is 30.5 Å². The van der Waals surface area contributed by atoms with E-state index < -0.39 is 13.8 Å². The Kier molecular flexibility index (Phi) is 10.2. The van der Waals surface area contributed by atoms with Crippen molar-refractivity contribution in [1.29, 1.82) is 0 Å². The van der Waals surface area contributed by atoms with Crippen molar-refractivity contribution in [3.63, 3.8) is 0 Å². The molecule has 2 aromatic carbocycles. The number of aromatic nitrogens is 4. The summed E-state index contributed by atoms with van der Waals surface area (Å²) in [7, 11) is -4.64. The van der Waals surface area contributed by atoms with Gasteiger partial charge in [0.1, 0.15) is 11.8 Å². The normalized spacial score (nSPS) is 10.1. The quantitative estimate of drug-likeness (QED) is 0.235. The number of aromatic amines is 1. The van der Waals surface area contributed by atoms with Crippen molar-refractivity contribution in [2.75, 3.05) is 5.73 Å². The first kappa shape index (κ1) is 25.7. The zero-order chi connectivity index (χ0) is 23.4. The number of anilines is 1. The van der Waals surface area contributed by atoms with Gasteiger partial charge in [0, 0.05) is 6.92 Å². The van der Waals surface area contributed by atoms with Crippen LogP contribution in [0.1, 0.15) is 19.4 Å². The summed E-state index contributed by atoms with van der Waals surface area (Å²) in [6.45, 7) is 3.28. The van der Waals surface area contributed by atoms with E-state index in [0.717, 1.165) is 13.3 Å². The number of fused-ring (bicyclic) bond motifs is 2. The fourth-order valence-corrected chi connectivity index (χ4v) is 2.38. The Morgan fingerprint density at radius 3 is 2.23 bits per heavy atom. The number of carbonyl (C=O) groups is 1. The van der Waals surface area contributed by atoms with Crippen LogP contribution in [0.25, 0.3) is 21.9 Å². The van der Waals surface area contributed by atoms with E-state index in [0.29, 0.717) is 17.0 Å².